The summed E-state index contributed by atoms with van der Waals surface area (Å²) in [6.45, 7) is 7.49. The maximum atomic E-state index is 5.43. The largest absolute Gasteiger partial charge is 0.493 e. The highest BCUT2D eigenvalue weighted by molar-refractivity contribution is 7.84. The van der Waals surface area contributed by atoms with E-state index in [1.165, 1.54) is 65.0 Å². The van der Waals surface area contributed by atoms with Gasteiger partial charge in [-0.25, -0.2) is 4.98 Å². The van der Waals surface area contributed by atoms with Crippen LogP contribution in [0.4, 0.5) is 5.95 Å². The summed E-state index contributed by atoms with van der Waals surface area (Å²) in [4.78, 5) is 12.7. The molecule has 220 valence electrons. The lowest BCUT2D eigenvalue weighted by Crippen LogP contribution is -2.42. The van der Waals surface area contributed by atoms with Crippen LogP contribution in [0, 0.1) is 0 Å². The molecular formula is C31H43N7O2S. The second-order valence-corrected chi connectivity index (χ2v) is 11.3. The Labute approximate surface area is 248 Å². The molecule has 6 rings (SSSR count). The molecule has 4 heterocycles. The Morgan fingerprint density at radius 3 is 2.54 bits per heavy atom. The number of nitrogens with one attached hydrogen (secondary N) is 3. The number of aromatic nitrogens is 3. The standard InChI is InChI=1S/C20H20N4O2S.C11H23N3/c1-25-17-11-13-8-10-24(16(13)12-18(17)26-2)19-7-9-21-20(23-19)22-14-3-5-15(27)6-4-14;1-2-9-14(8-1)10-7-13-11-3-5-12-6-4-11/h3,5,7-12,27H,4,6H2,1-2H3,(H,21,22,23);11-13H,1-10H2. The molecule has 0 radical (unpaired) electrons. The average molecular weight is 578 g/mol. The first-order chi connectivity index (χ1) is 20.1. The molecule has 1 aliphatic carbocycles. The van der Waals surface area contributed by atoms with Crippen LogP contribution in [0.15, 0.2) is 59.4 Å². The van der Waals surface area contributed by atoms with Crippen molar-refractivity contribution < 1.29 is 9.47 Å². The molecule has 9 nitrogen and oxygen atoms in total. The molecule has 2 saturated heterocycles. The molecule has 3 N–H and O–H groups in total. The van der Waals surface area contributed by atoms with E-state index in [2.05, 4.69) is 43.4 Å². The summed E-state index contributed by atoms with van der Waals surface area (Å²) in [7, 11) is 3.27. The van der Waals surface area contributed by atoms with Crippen molar-refractivity contribution in [3.63, 3.8) is 0 Å². The molecule has 0 unspecified atom stereocenters. The molecule has 3 aliphatic rings. The molecular weight excluding hydrogens is 534 g/mol. The van der Waals surface area contributed by atoms with Crippen molar-refractivity contribution in [1.29, 1.82) is 0 Å². The number of nitrogens with zero attached hydrogens (tertiary/aromatic N) is 4. The molecule has 41 heavy (non-hydrogen) atoms. The quantitative estimate of drug-likeness (QED) is 0.271. The number of ether oxygens (including phenoxy) is 2. The van der Waals surface area contributed by atoms with Crippen LogP contribution in [-0.2, 0) is 0 Å². The van der Waals surface area contributed by atoms with Gasteiger partial charge in [0, 0.05) is 48.7 Å². The predicted octanol–water partition coefficient (Wildman–Crippen LogP) is 4.76. The van der Waals surface area contributed by atoms with E-state index in [1.54, 1.807) is 20.4 Å². The van der Waals surface area contributed by atoms with Crippen LogP contribution in [0.25, 0.3) is 16.7 Å². The maximum absolute atomic E-state index is 5.43. The summed E-state index contributed by atoms with van der Waals surface area (Å²) in [5, 5.41) is 11.4. The number of hydrogen-bond acceptors (Lipinski definition) is 9. The highest BCUT2D eigenvalue weighted by Crippen LogP contribution is 2.33. The van der Waals surface area contributed by atoms with E-state index in [1.807, 2.05) is 47.2 Å². The molecule has 2 fully saturated rings. The fourth-order valence-corrected chi connectivity index (χ4v) is 5.72. The summed E-state index contributed by atoms with van der Waals surface area (Å²) < 4.78 is 12.8. The van der Waals surface area contributed by atoms with Crippen LogP contribution in [-0.4, -0.2) is 79.0 Å². The van der Waals surface area contributed by atoms with Crippen molar-refractivity contribution in [3.05, 3.63) is 59.4 Å². The molecule has 2 aromatic heterocycles. The first-order valence-corrected chi connectivity index (χ1v) is 15.2. The van der Waals surface area contributed by atoms with Gasteiger partial charge in [-0.2, -0.15) is 4.98 Å². The van der Waals surface area contributed by atoms with Crippen LogP contribution in [0.5, 0.6) is 11.5 Å². The van der Waals surface area contributed by atoms with Gasteiger partial charge in [0.15, 0.2) is 11.5 Å². The fourth-order valence-electron chi connectivity index (χ4n) is 5.54. The first kappa shape index (κ1) is 29.4. The third kappa shape index (κ3) is 8.03. The van der Waals surface area contributed by atoms with Gasteiger partial charge in [-0.15, -0.1) is 12.6 Å². The molecule has 2 aliphatic heterocycles. The third-order valence-corrected chi connectivity index (χ3v) is 8.25. The summed E-state index contributed by atoms with van der Waals surface area (Å²) in [6.07, 6.45) is 15.0. The van der Waals surface area contributed by atoms with Gasteiger partial charge >= 0.3 is 0 Å². The van der Waals surface area contributed by atoms with Gasteiger partial charge in [0.05, 0.1) is 19.7 Å². The van der Waals surface area contributed by atoms with E-state index in [0.717, 1.165) is 46.2 Å². The Hall–Kier alpha value is -3.05. The molecule has 0 atom stereocenters. The predicted molar refractivity (Wildman–Crippen MR) is 170 cm³/mol. The second kappa shape index (κ2) is 14.7. The van der Waals surface area contributed by atoms with Gasteiger partial charge in [-0.3, -0.25) is 0 Å². The van der Waals surface area contributed by atoms with Gasteiger partial charge in [-0.1, -0.05) is 6.08 Å². The van der Waals surface area contributed by atoms with Gasteiger partial charge in [0.1, 0.15) is 5.82 Å². The lowest BCUT2D eigenvalue weighted by Gasteiger charge is -2.25. The number of rotatable bonds is 9. The number of allylic oxidation sites excluding steroid dienone is 4. The third-order valence-electron chi connectivity index (χ3n) is 7.88. The van der Waals surface area contributed by atoms with E-state index in [-0.39, 0.29) is 0 Å². The minimum atomic E-state index is 0.567. The van der Waals surface area contributed by atoms with Crippen LogP contribution >= 0.6 is 12.6 Å². The van der Waals surface area contributed by atoms with E-state index < -0.39 is 0 Å². The normalized spacial score (nSPS) is 17.9. The molecule has 0 bridgehead atoms. The molecule has 0 spiro atoms. The topological polar surface area (TPSA) is 88.5 Å². The van der Waals surface area contributed by atoms with Crippen LogP contribution < -0.4 is 25.4 Å². The number of anilines is 1. The Bertz CT molecular complexity index is 1340. The average Bonchev–Trinajstić information content (AvgIpc) is 3.68. The second-order valence-electron chi connectivity index (χ2n) is 10.7. The molecule has 0 amide bonds. The zero-order valence-corrected chi connectivity index (χ0v) is 25.1. The zero-order chi connectivity index (χ0) is 28.4. The highest BCUT2D eigenvalue weighted by Gasteiger charge is 2.15. The number of hydrogen-bond donors (Lipinski definition) is 4. The summed E-state index contributed by atoms with van der Waals surface area (Å²) >= 11 is 4.38. The van der Waals surface area contributed by atoms with E-state index >= 15 is 0 Å². The summed E-state index contributed by atoms with van der Waals surface area (Å²) in [6, 6.07) is 8.59. The van der Waals surface area contributed by atoms with Gasteiger partial charge in [-0.05, 0) is 93.9 Å². The smallest absolute Gasteiger partial charge is 0.228 e. The van der Waals surface area contributed by atoms with E-state index in [9.17, 15) is 0 Å². The lowest BCUT2D eigenvalue weighted by molar-refractivity contribution is 0.312. The van der Waals surface area contributed by atoms with Crippen LogP contribution in [0.3, 0.4) is 0 Å². The van der Waals surface area contributed by atoms with Crippen molar-refractivity contribution in [3.8, 4) is 17.3 Å². The van der Waals surface area contributed by atoms with Crippen molar-refractivity contribution >= 4 is 29.5 Å². The number of benzene rings is 1. The van der Waals surface area contributed by atoms with Gasteiger partial charge in [0.2, 0.25) is 5.95 Å². The number of likely N-dealkylation sites (tertiary alicyclic amines) is 1. The highest BCUT2D eigenvalue weighted by atomic mass is 32.1. The SMILES string of the molecule is C1CCN(CCNC2CCNCC2)C1.COc1cc2ccn(-c3ccnc(NC4=CC=C(S)CC4)n3)c2cc1OC. The van der Waals surface area contributed by atoms with Crippen molar-refractivity contribution in [2.24, 2.45) is 0 Å². The van der Waals surface area contributed by atoms with E-state index in [0.29, 0.717) is 17.4 Å². The molecule has 10 heteroatoms. The molecule has 1 aromatic carbocycles. The zero-order valence-electron chi connectivity index (χ0n) is 24.2. The minimum absolute atomic E-state index is 0.567. The minimum Gasteiger partial charge on any atom is -0.493 e. The summed E-state index contributed by atoms with van der Waals surface area (Å²) in [5.41, 5.74) is 2.06. The summed E-state index contributed by atoms with van der Waals surface area (Å²) in [5.74, 6) is 2.72. The monoisotopic (exact) mass is 577 g/mol. The fraction of sp³-hybridized carbons (Fsp3) is 0.484. The number of thiol groups is 1. The number of piperidine rings is 1. The molecule has 0 saturated carbocycles. The van der Waals surface area contributed by atoms with Crippen LogP contribution in [0.1, 0.15) is 38.5 Å². The van der Waals surface area contributed by atoms with E-state index in [4.69, 9.17) is 9.47 Å². The number of methoxy groups -OCH3 is 2. The Morgan fingerprint density at radius 2 is 1.80 bits per heavy atom. The van der Waals surface area contributed by atoms with Crippen LogP contribution in [0.2, 0.25) is 0 Å². The Balaban J connectivity index is 0.000000202. The van der Waals surface area contributed by atoms with Gasteiger partial charge in [0.25, 0.3) is 0 Å². The van der Waals surface area contributed by atoms with Crippen molar-refractivity contribution in [1.82, 2.24) is 30.1 Å². The van der Waals surface area contributed by atoms with Gasteiger partial charge < -0.3 is 34.9 Å². The first-order valence-electron chi connectivity index (χ1n) is 14.7. The Morgan fingerprint density at radius 1 is 1.02 bits per heavy atom. The van der Waals surface area contributed by atoms with Crippen molar-refractivity contribution in [2.75, 3.05) is 58.8 Å². The Kier molecular flexibility index (Phi) is 10.6. The number of fused-ring (bicyclic) bond motifs is 1. The lowest BCUT2D eigenvalue weighted by atomic mass is 10.1. The molecule has 3 aromatic rings. The van der Waals surface area contributed by atoms with Crippen molar-refractivity contribution in [2.45, 2.75) is 44.6 Å². The maximum Gasteiger partial charge on any atom is 0.228 e.